The second-order valence-electron chi connectivity index (χ2n) is 6.89. The van der Waals surface area contributed by atoms with Crippen molar-refractivity contribution in [3.8, 4) is 5.75 Å². The number of nitrogens with one attached hydrogen (secondary N) is 1. The standard InChI is InChI=1S/C22H27N3O3/c1-3-28-20-12-8-7-11-18(20)22(27)23-15-21(26)25-14-13-24(2)16-19(25)17-9-5-4-6-10-17/h4-12,19H,3,13-16H2,1-2H3,(H,23,27). The molecule has 3 rings (SSSR count). The van der Waals surface area contributed by atoms with Crippen LogP contribution in [0.15, 0.2) is 54.6 Å². The zero-order valence-corrected chi connectivity index (χ0v) is 16.4. The van der Waals surface area contributed by atoms with Gasteiger partial charge in [-0.2, -0.15) is 0 Å². The average Bonchev–Trinajstić information content (AvgIpc) is 2.73. The summed E-state index contributed by atoms with van der Waals surface area (Å²) < 4.78 is 5.51. The van der Waals surface area contributed by atoms with Crippen LogP contribution in [-0.2, 0) is 4.79 Å². The molecule has 0 aliphatic carbocycles. The number of rotatable bonds is 6. The Morgan fingerprint density at radius 1 is 1.07 bits per heavy atom. The minimum Gasteiger partial charge on any atom is -0.493 e. The maximum atomic E-state index is 12.9. The number of likely N-dealkylation sites (N-methyl/N-ethyl adjacent to an activating group) is 1. The van der Waals surface area contributed by atoms with Crippen LogP contribution in [0.1, 0.15) is 28.9 Å². The van der Waals surface area contributed by atoms with Crippen LogP contribution < -0.4 is 10.1 Å². The summed E-state index contributed by atoms with van der Waals surface area (Å²) in [6, 6.07) is 17.1. The molecule has 0 saturated carbocycles. The summed E-state index contributed by atoms with van der Waals surface area (Å²) in [7, 11) is 2.06. The fraction of sp³-hybridized carbons (Fsp3) is 0.364. The van der Waals surface area contributed by atoms with Gasteiger partial charge in [-0.3, -0.25) is 9.59 Å². The quantitative estimate of drug-likeness (QED) is 0.834. The molecule has 6 heteroatoms. The van der Waals surface area contributed by atoms with Crippen molar-refractivity contribution in [3.63, 3.8) is 0 Å². The maximum Gasteiger partial charge on any atom is 0.255 e. The van der Waals surface area contributed by atoms with E-state index in [9.17, 15) is 9.59 Å². The van der Waals surface area contributed by atoms with Crippen molar-refractivity contribution in [2.24, 2.45) is 0 Å². The van der Waals surface area contributed by atoms with E-state index in [2.05, 4.69) is 17.3 Å². The van der Waals surface area contributed by atoms with Gasteiger partial charge in [0.1, 0.15) is 5.75 Å². The molecule has 2 aromatic rings. The Kier molecular flexibility index (Phi) is 6.66. The molecule has 1 fully saturated rings. The van der Waals surface area contributed by atoms with E-state index in [0.29, 0.717) is 24.5 Å². The van der Waals surface area contributed by atoms with Crippen LogP contribution >= 0.6 is 0 Å². The fourth-order valence-corrected chi connectivity index (χ4v) is 3.47. The third-order valence-electron chi connectivity index (χ3n) is 4.92. The number of carbonyl (C=O) groups is 2. The van der Waals surface area contributed by atoms with Crippen LogP contribution in [0.2, 0.25) is 0 Å². The van der Waals surface area contributed by atoms with Gasteiger partial charge in [-0.15, -0.1) is 0 Å². The highest BCUT2D eigenvalue weighted by atomic mass is 16.5. The molecule has 1 aliphatic rings. The second kappa shape index (κ2) is 9.37. The molecule has 0 bridgehead atoms. The van der Waals surface area contributed by atoms with E-state index in [-0.39, 0.29) is 24.4 Å². The first kappa shape index (κ1) is 19.9. The predicted molar refractivity (Wildman–Crippen MR) is 108 cm³/mol. The van der Waals surface area contributed by atoms with Crippen molar-refractivity contribution >= 4 is 11.8 Å². The average molecular weight is 381 g/mol. The Labute approximate surface area is 166 Å². The molecule has 1 aliphatic heterocycles. The molecule has 1 atom stereocenters. The zero-order valence-electron chi connectivity index (χ0n) is 16.4. The van der Waals surface area contributed by atoms with E-state index in [1.807, 2.05) is 48.2 Å². The number of nitrogens with zero attached hydrogens (tertiary/aromatic N) is 2. The number of piperazine rings is 1. The van der Waals surface area contributed by atoms with Gasteiger partial charge in [0.2, 0.25) is 5.91 Å². The van der Waals surface area contributed by atoms with Crippen molar-refractivity contribution in [2.75, 3.05) is 39.8 Å². The lowest BCUT2D eigenvalue weighted by Crippen LogP contribution is -2.51. The van der Waals surface area contributed by atoms with E-state index < -0.39 is 0 Å². The number of hydrogen-bond donors (Lipinski definition) is 1. The molecular formula is C22H27N3O3. The van der Waals surface area contributed by atoms with Gasteiger partial charge in [-0.1, -0.05) is 42.5 Å². The van der Waals surface area contributed by atoms with Gasteiger partial charge < -0.3 is 19.9 Å². The number of hydrogen-bond acceptors (Lipinski definition) is 4. The molecule has 0 radical (unpaired) electrons. The number of benzene rings is 2. The summed E-state index contributed by atoms with van der Waals surface area (Å²) in [6.45, 7) is 4.54. The van der Waals surface area contributed by atoms with Gasteiger partial charge in [0, 0.05) is 19.6 Å². The number of amides is 2. The van der Waals surface area contributed by atoms with Crippen molar-refractivity contribution < 1.29 is 14.3 Å². The number of carbonyl (C=O) groups excluding carboxylic acids is 2. The summed E-state index contributed by atoms with van der Waals surface area (Å²) in [6.07, 6.45) is 0. The highest BCUT2D eigenvalue weighted by Crippen LogP contribution is 2.25. The van der Waals surface area contributed by atoms with Crippen LogP contribution in [0.5, 0.6) is 5.75 Å². The first-order valence-corrected chi connectivity index (χ1v) is 9.63. The largest absolute Gasteiger partial charge is 0.493 e. The molecule has 1 saturated heterocycles. The molecule has 148 valence electrons. The highest BCUT2D eigenvalue weighted by Gasteiger charge is 2.30. The lowest BCUT2D eigenvalue weighted by molar-refractivity contribution is -0.135. The summed E-state index contributed by atoms with van der Waals surface area (Å²) in [5, 5.41) is 2.75. The first-order chi connectivity index (χ1) is 13.6. The summed E-state index contributed by atoms with van der Waals surface area (Å²) >= 11 is 0. The van der Waals surface area contributed by atoms with Crippen LogP contribution in [-0.4, -0.2) is 61.4 Å². The molecule has 2 aromatic carbocycles. The third-order valence-corrected chi connectivity index (χ3v) is 4.92. The number of para-hydroxylation sites is 1. The van der Waals surface area contributed by atoms with Crippen molar-refractivity contribution in [3.05, 3.63) is 65.7 Å². The molecule has 28 heavy (non-hydrogen) atoms. The highest BCUT2D eigenvalue weighted by molar-refractivity contribution is 5.98. The minimum atomic E-state index is -0.303. The second-order valence-corrected chi connectivity index (χ2v) is 6.89. The Bertz CT molecular complexity index is 810. The van der Waals surface area contributed by atoms with Crippen LogP contribution in [0.25, 0.3) is 0 Å². The van der Waals surface area contributed by atoms with Gasteiger partial charge in [0.15, 0.2) is 0 Å². The zero-order chi connectivity index (χ0) is 19.9. The molecule has 0 aromatic heterocycles. The molecule has 2 amide bonds. The SMILES string of the molecule is CCOc1ccccc1C(=O)NCC(=O)N1CCN(C)CC1c1ccccc1. The molecule has 1 heterocycles. The Morgan fingerprint density at radius 3 is 2.54 bits per heavy atom. The molecule has 0 spiro atoms. The van der Waals surface area contributed by atoms with E-state index in [1.165, 1.54) is 0 Å². The fourth-order valence-electron chi connectivity index (χ4n) is 3.47. The molecular weight excluding hydrogens is 354 g/mol. The van der Waals surface area contributed by atoms with Gasteiger partial charge in [0.05, 0.1) is 24.8 Å². The summed E-state index contributed by atoms with van der Waals surface area (Å²) in [4.78, 5) is 29.5. The Morgan fingerprint density at radius 2 is 1.79 bits per heavy atom. The van der Waals surface area contributed by atoms with Crippen molar-refractivity contribution in [1.29, 1.82) is 0 Å². The van der Waals surface area contributed by atoms with Gasteiger partial charge >= 0.3 is 0 Å². The van der Waals surface area contributed by atoms with Crippen molar-refractivity contribution in [2.45, 2.75) is 13.0 Å². The minimum absolute atomic E-state index is 0.0138. The third kappa shape index (κ3) is 4.70. The normalized spacial score (nSPS) is 17.2. The Balaban J connectivity index is 1.67. The lowest BCUT2D eigenvalue weighted by atomic mass is 10.0. The number of ether oxygens (including phenoxy) is 1. The van der Waals surface area contributed by atoms with E-state index >= 15 is 0 Å². The Hall–Kier alpha value is -2.86. The topological polar surface area (TPSA) is 61.9 Å². The summed E-state index contributed by atoms with van der Waals surface area (Å²) in [5.41, 5.74) is 1.55. The van der Waals surface area contributed by atoms with Crippen LogP contribution in [0, 0.1) is 0 Å². The van der Waals surface area contributed by atoms with Gasteiger partial charge in [0.25, 0.3) is 5.91 Å². The van der Waals surface area contributed by atoms with Crippen LogP contribution in [0.3, 0.4) is 0 Å². The van der Waals surface area contributed by atoms with E-state index in [0.717, 1.165) is 18.7 Å². The smallest absolute Gasteiger partial charge is 0.255 e. The summed E-state index contributed by atoms with van der Waals surface area (Å²) in [5.74, 6) is 0.142. The molecule has 1 N–H and O–H groups in total. The van der Waals surface area contributed by atoms with Crippen molar-refractivity contribution in [1.82, 2.24) is 15.1 Å². The monoisotopic (exact) mass is 381 g/mol. The van der Waals surface area contributed by atoms with E-state index in [1.54, 1.807) is 18.2 Å². The molecule has 6 nitrogen and oxygen atoms in total. The molecule has 1 unspecified atom stereocenters. The lowest BCUT2D eigenvalue weighted by Gasteiger charge is -2.40. The van der Waals surface area contributed by atoms with Crippen LogP contribution in [0.4, 0.5) is 0 Å². The first-order valence-electron chi connectivity index (χ1n) is 9.63. The van der Waals surface area contributed by atoms with E-state index in [4.69, 9.17) is 4.74 Å². The van der Waals surface area contributed by atoms with Gasteiger partial charge in [-0.25, -0.2) is 0 Å². The van der Waals surface area contributed by atoms with Gasteiger partial charge in [-0.05, 0) is 31.7 Å². The maximum absolute atomic E-state index is 12.9. The predicted octanol–water partition coefficient (Wildman–Crippen LogP) is 2.33.